The predicted molar refractivity (Wildman–Crippen MR) is 78.4 cm³/mol. The molecule has 1 fully saturated rings. The highest BCUT2D eigenvalue weighted by Crippen LogP contribution is 2.41. The third kappa shape index (κ3) is 2.18. The van der Waals surface area contributed by atoms with Crippen molar-refractivity contribution in [2.75, 3.05) is 21.5 Å². The van der Waals surface area contributed by atoms with Gasteiger partial charge in [0.25, 0.3) is 0 Å². The Bertz CT molecular complexity index is 638. The molecule has 1 saturated carbocycles. The van der Waals surface area contributed by atoms with Crippen molar-refractivity contribution in [3.8, 4) is 0 Å². The summed E-state index contributed by atoms with van der Waals surface area (Å²) in [5.41, 5.74) is 1.36. The summed E-state index contributed by atoms with van der Waals surface area (Å²) in [6.07, 6.45) is 2.55. The van der Waals surface area contributed by atoms with Crippen LogP contribution in [0.2, 0.25) is 0 Å². The van der Waals surface area contributed by atoms with E-state index in [1.807, 2.05) is 25.1 Å². The number of rotatable bonds is 4. The van der Waals surface area contributed by atoms with E-state index in [1.54, 1.807) is 11.0 Å². The van der Waals surface area contributed by atoms with Crippen molar-refractivity contribution in [1.82, 2.24) is 0 Å². The van der Waals surface area contributed by atoms with Crippen molar-refractivity contribution in [2.45, 2.75) is 32.2 Å². The van der Waals surface area contributed by atoms with Gasteiger partial charge in [0.15, 0.2) is 0 Å². The monoisotopic (exact) mass is 294 g/mol. The van der Waals surface area contributed by atoms with Gasteiger partial charge in [-0.15, -0.1) is 0 Å². The van der Waals surface area contributed by atoms with Crippen LogP contribution in [0.25, 0.3) is 0 Å². The van der Waals surface area contributed by atoms with Crippen molar-refractivity contribution in [1.29, 1.82) is 0 Å². The number of fused-ring (bicyclic) bond motifs is 1. The molecule has 3 rings (SSSR count). The molecule has 0 saturated heterocycles. The lowest BCUT2D eigenvalue weighted by Crippen LogP contribution is -2.49. The maximum atomic E-state index is 12.3. The van der Waals surface area contributed by atoms with Crippen molar-refractivity contribution in [3.05, 3.63) is 24.3 Å². The number of carbonyl (C=O) groups excluding carboxylic acids is 1. The SMILES string of the molecule is CCCS(=O)(=O)N1CC(=O)N(C2CC2)c2ccccc21. The molecule has 20 heavy (non-hydrogen) atoms. The van der Waals surface area contributed by atoms with E-state index < -0.39 is 10.0 Å². The smallest absolute Gasteiger partial charge is 0.248 e. The second-order valence-corrected chi connectivity index (χ2v) is 7.32. The fourth-order valence-electron chi connectivity index (χ4n) is 2.65. The molecule has 0 aromatic heterocycles. The van der Waals surface area contributed by atoms with Crippen LogP contribution in [0.3, 0.4) is 0 Å². The Morgan fingerprint density at radius 2 is 1.85 bits per heavy atom. The highest BCUT2D eigenvalue weighted by molar-refractivity contribution is 7.92. The molecular formula is C14H18N2O3S. The predicted octanol–water partition coefficient (Wildman–Crippen LogP) is 1.74. The largest absolute Gasteiger partial charge is 0.306 e. The van der Waals surface area contributed by atoms with Gasteiger partial charge in [0.05, 0.1) is 17.1 Å². The first-order valence-corrected chi connectivity index (χ1v) is 8.57. The van der Waals surface area contributed by atoms with E-state index in [4.69, 9.17) is 0 Å². The fraction of sp³-hybridized carbons (Fsp3) is 0.500. The second kappa shape index (κ2) is 4.77. The molecule has 1 aliphatic carbocycles. The molecule has 0 unspecified atom stereocenters. The number of anilines is 2. The zero-order valence-electron chi connectivity index (χ0n) is 11.4. The molecule has 0 bridgehead atoms. The third-order valence-electron chi connectivity index (χ3n) is 3.67. The Balaban J connectivity index is 2.06. The molecule has 1 aromatic carbocycles. The van der Waals surface area contributed by atoms with Gasteiger partial charge >= 0.3 is 0 Å². The Kier molecular flexibility index (Phi) is 3.20. The number of hydrogen-bond acceptors (Lipinski definition) is 3. The van der Waals surface area contributed by atoms with Crippen LogP contribution in [0.15, 0.2) is 24.3 Å². The van der Waals surface area contributed by atoms with E-state index in [1.165, 1.54) is 4.31 Å². The lowest BCUT2D eigenvalue weighted by Gasteiger charge is -2.36. The zero-order valence-corrected chi connectivity index (χ0v) is 12.3. The molecule has 2 aliphatic rings. The minimum absolute atomic E-state index is 0.0675. The first-order valence-electron chi connectivity index (χ1n) is 6.96. The summed E-state index contributed by atoms with van der Waals surface area (Å²) in [4.78, 5) is 14.1. The van der Waals surface area contributed by atoms with Crippen LogP contribution in [-0.4, -0.2) is 32.7 Å². The van der Waals surface area contributed by atoms with Gasteiger partial charge in [-0.05, 0) is 31.4 Å². The highest BCUT2D eigenvalue weighted by Gasteiger charge is 2.41. The van der Waals surface area contributed by atoms with E-state index in [-0.39, 0.29) is 24.2 Å². The Morgan fingerprint density at radius 3 is 2.45 bits per heavy atom. The van der Waals surface area contributed by atoms with Gasteiger partial charge in [-0.25, -0.2) is 8.42 Å². The van der Waals surface area contributed by atoms with Crippen molar-refractivity contribution in [2.24, 2.45) is 0 Å². The normalized spacial score (nSPS) is 19.1. The average Bonchev–Trinajstić information content (AvgIpc) is 3.22. The third-order valence-corrected chi connectivity index (χ3v) is 5.59. The molecule has 0 radical (unpaired) electrons. The summed E-state index contributed by atoms with van der Waals surface area (Å²) >= 11 is 0. The number of benzene rings is 1. The zero-order chi connectivity index (χ0) is 14.3. The maximum Gasteiger partial charge on any atom is 0.248 e. The first kappa shape index (κ1) is 13.4. The van der Waals surface area contributed by atoms with Crippen LogP contribution in [0.4, 0.5) is 11.4 Å². The standard InChI is InChI=1S/C14H18N2O3S/c1-2-9-20(18,19)15-10-14(17)16(11-7-8-11)13-6-4-3-5-12(13)15/h3-6,11H,2,7-10H2,1H3. The van der Waals surface area contributed by atoms with Crippen LogP contribution < -0.4 is 9.21 Å². The summed E-state index contributed by atoms with van der Waals surface area (Å²) < 4.78 is 26.0. The molecule has 1 aliphatic heterocycles. The molecule has 108 valence electrons. The highest BCUT2D eigenvalue weighted by atomic mass is 32.2. The molecule has 5 nitrogen and oxygen atoms in total. The number of para-hydroxylation sites is 2. The van der Waals surface area contributed by atoms with E-state index >= 15 is 0 Å². The van der Waals surface area contributed by atoms with Crippen LogP contribution in [0, 0.1) is 0 Å². The van der Waals surface area contributed by atoms with E-state index in [9.17, 15) is 13.2 Å². The van der Waals surface area contributed by atoms with Gasteiger partial charge < -0.3 is 4.90 Å². The molecule has 0 N–H and O–H groups in total. The Labute approximate surface area is 119 Å². The summed E-state index contributed by atoms with van der Waals surface area (Å²) in [5.74, 6) is -0.0521. The van der Waals surface area contributed by atoms with E-state index in [2.05, 4.69) is 0 Å². The summed E-state index contributed by atoms with van der Waals surface area (Å²) in [7, 11) is -3.42. The van der Waals surface area contributed by atoms with Crippen molar-refractivity contribution >= 4 is 27.3 Å². The molecule has 1 aromatic rings. The van der Waals surface area contributed by atoms with E-state index in [0.29, 0.717) is 12.1 Å². The number of hydrogen-bond donors (Lipinski definition) is 0. The quantitative estimate of drug-likeness (QED) is 0.850. The van der Waals surface area contributed by atoms with Gasteiger partial charge in [-0.2, -0.15) is 0 Å². The lowest BCUT2D eigenvalue weighted by molar-refractivity contribution is -0.117. The van der Waals surface area contributed by atoms with Crippen LogP contribution in [-0.2, 0) is 14.8 Å². The summed E-state index contributed by atoms with van der Waals surface area (Å²) in [6, 6.07) is 7.52. The van der Waals surface area contributed by atoms with Gasteiger partial charge in [0.1, 0.15) is 6.54 Å². The summed E-state index contributed by atoms with van der Waals surface area (Å²) in [5, 5.41) is 0. The van der Waals surface area contributed by atoms with Gasteiger partial charge in [0.2, 0.25) is 15.9 Å². The first-order chi connectivity index (χ1) is 9.54. The average molecular weight is 294 g/mol. The second-order valence-electron chi connectivity index (χ2n) is 5.31. The fourth-order valence-corrected chi connectivity index (χ4v) is 4.14. The van der Waals surface area contributed by atoms with Crippen molar-refractivity contribution in [3.63, 3.8) is 0 Å². The summed E-state index contributed by atoms with van der Waals surface area (Å²) in [6.45, 7) is 1.75. The van der Waals surface area contributed by atoms with Crippen LogP contribution in [0.1, 0.15) is 26.2 Å². The minimum atomic E-state index is -3.42. The van der Waals surface area contributed by atoms with Crippen molar-refractivity contribution < 1.29 is 13.2 Å². The number of sulfonamides is 1. The molecule has 0 atom stereocenters. The topological polar surface area (TPSA) is 57.7 Å². The Hall–Kier alpha value is -1.56. The van der Waals surface area contributed by atoms with Crippen LogP contribution in [0.5, 0.6) is 0 Å². The maximum absolute atomic E-state index is 12.3. The number of amides is 1. The molecular weight excluding hydrogens is 276 g/mol. The van der Waals surface area contributed by atoms with E-state index in [0.717, 1.165) is 18.5 Å². The minimum Gasteiger partial charge on any atom is -0.306 e. The molecule has 1 heterocycles. The van der Waals surface area contributed by atoms with Gasteiger partial charge in [0, 0.05) is 6.04 Å². The van der Waals surface area contributed by atoms with Gasteiger partial charge in [-0.3, -0.25) is 9.10 Å². The molecule has 1 amide bonds. The Morgan fingerprint density at radius 1 is 1.20 bits per heavy atom. The number of nitrogens with zero attached hydrogens (tertiary/aromatic N) is 2. The molecule has 0 spiro atoms. The molecule has 6 heteroatoms. The lowest BCUT2D eigenvalue weighted by atomic mass is 10.2. The van der Waals surface area contributed by atoms with Crippen LogP contribution >= 0.6 is 0 Å². The van der Waals surface area contributed by atoms with Gasteiger partial charge in [-0.1, -0.05) is 19.1 Å². The number of carbonyl (C=O) groups is 1.